The van der Waals surface area contributed by atoms with Crippen molar-refractivity contribution in [2.75, 3.05) is 44.2 Å². The second-order valence-electron chi connectivity index (χ2n) is 11.1. The zero-order chi connectivity index (χ0) is 24.7. The standard InChI is InChI=1S/C20H30N4O3.C7H14O/c25-20(26)22-17-3-1-15(2-4-17)6-9-23-10-12-24(13-11-23)19-18-16(5-8-21-19)7-14-27-18;1-7(8)5-3-2-4-6-7/h5,8,15,17,22H,1-4,6-7,9-14H2,(H,25,26);8H,2-6H2,1H3/t15-,17+;. The first kappa shape index (κ1) is 26.0. The molecule has 2 aliphatic heterocycles. The molecule has 0 spiro atoms. The fourth-order valence-electron chi connectivity index (χ4n) is 5.95. The van der Waals surface area contributed by atoms with Gasteiger partial charge >= 0.3 is 6.09 Å². The second-order valence-corrected chi connectivity index (χ2v) is 11.1. The number of hydrogen-bond donors (Lipinski definition) is 3. The Morgan fingerprint density at radius 1 is 1.14 bits per heavy atom. The molecule has 3 N–H and O–H groups in total. The van der Waals surface area contributed by atoms with Crippen LogP contribution in [0.4, 0.5) is 10.6 Å². The molecule has 8 nitrogen and oxygen atoms in total. The lowest BCUT2D eigenvalue weighted by Gasteiger charge is -2.37. The quantitative estimate of drug-likeness (QED) is 0.575. The average molecular weight is 489 g/mol. The lowest BCUT2D eigenvalue weighted by atomic mass is 9.84. The van der Waals surface area contributed by atoms with Crippen LogP contribution in [-0.4, -0.2) is 77.2 Å². The summed E-state index contributed by atoms with van der Waals surface area (Å²) in [5.41, 5.74) is 0.966. The van der Waals surface area contributed by atoms with E-state index in [0.29, 0.717) is 0 Å². The second kappa shape index (κ2) is 12.3. The number of ether oxygens (including phenoxy) is 1. The number of anilines is 1. The van der Waals surface area contributed by atoms with Gasteiger partial charge in [0.1, 0.15) is 0 Å². The Hall–Kier alpha value is -2.06. The third-order valence-electron chi connectivity index (χ3n) is 8.22. The molecule has 1 amide bonds. The molecule has 1 aromatic heterocycles. The Kier molecular flexibility index (Phi) is 9.11. The monoisotopic (exact) mass is 488 g/mol. The molecule has 4 aliphatic rings. The summed E-state index contributed by atoms with van der Waals surface area (Å²) in [6.45, 7) is 8.00. The number of fused-ring (bicyclic) bond motifs is 1. The van der Waals surface area contributed by atoms with Crippen molar-refractivity contribution in [2.45, 2.75) is 89.2 Å². The summed E-state index contributed by atoms with van der Waals surface area (Å²) in [5, 5.41) is 20.8. The molecule has 0 aromatic carbocycles. The van der Waals surface area contributed by atoms with Gasteiger partial charge in [0, 0.05) is 50.4 Å². The van der Waals surface area contributed by atoms with Crippen LogP contribution >= 0.6 is 0 Å². The minimum atomic E-state index is -0.889. The number of hydrogen-bond acceptors (Lipinski definition) is 6. The normalized spacial score (nSPS) is 26.2. The van der Waals surface area contributed by atoms with Gasteiger partial charge in [0.25, 0.3) is 0 Å². The molecule has 2 saturated carbocycles. The number of aliphatic hydroxyl groups is 1. The van der Waals surface area contributed by atoms with Crippen LogP contribution in [0.3, 0.4) is 0 Å². The van der Waals surface area contributed by atoms with Crippen LogP contribution in [0.1, 0.15) is 76.7 Å². The van der Waals surface area contributed by atoms with Crippen molar-refractivity contribution >= 4 is 11.9 Å². The zero-order valence-electron chi connectivity index (χ0n) is 21.4. The molecule has 1 aromatic rings. The first-order chi connectivity index (χ1) is 16.9. The number of carbonyl (C=O) groups is 1. The van der Waals surface area contributed by atoms with Crippen molar-refractivity contribution in [1.29, 1.82) is 0 Å². The van der Waals surface area contributed by atoms with E-state index in [0.717, 1.165) is 102 Å². The molecule has 3 heterocycles. The summed E-state index contributed by atoms with van der Waals surface area (Å²) in [6, 6.07) is 2.23. The average Bonchev–Trinajstić information content (AvgIpc) is 3.33. The fraction of sp³-hybridized carbons (Fsp3) is 0.778. The van der Waals surface area contributed by atoms with Gasteiger partial charge in [-0.1, -0.05) is 19.3 Å². The third-order valence-corrected chi connectivity index (χ3v) is 8.22. The smallest absolute Gasteiger partial charge is 0.404 e. The number of rotatable bonds is 5. The van der Waals surface area contributed by atoms with Gasteiger partial charge in [0.2, 0.25) is 0 Å². The van der Waals surface area contributed by atoms with E-state index in [-0.39, 0.29) is 11.6 Å². The number of pyridine rings is 1. The number of aromatic nitrogens is 1. The Balaban J connectivity index is 0.000000308. The van der Waals surface area contributed by atoms with E-state index in [2.05, 4.69) is 26.2 Å². The predicted octanol–water partition coefficient (Wildman–Crippen LogP) is 4.06. The van der Waals surface area contributed by atoms with Crippen LogP contribution in [0.2, 0.25) is 0 Å². The minimum absolute atomic E-state index is 0.157. The van der Waals surface area contributed by atoms with Crippen LogP contribution in [0.25, 0.3) is 0 Å². The molecule has 5 rings (SSSR count). The number of nitrogens with zero attached hydrogens (tertiary/aromatic N) is 3. The Labute approximate surface area is 210 Å². The maximum absolute atomic E-state index is 10.7. The summed E-state index contributed by atoms with van der Waals surface area (Å²) >= 11 is 0. The SMILES string of the molecule is CC1(O)CCCCC1.O=C(O)N[C@H]1CC[C@@H](CCN2CCN(c3nccc4c3OCC4)CC2)CC1. The molecular weight excluding hydrogens is 444 g/mol. The molecule has 0 bridgehead atoms. The predicted molar refractivity (Wildman–Crippen MR) is 137 cm³/mol. The topological polar surface area (TPSA) is 98.2 Å². The van der Waals surface area contributed by atoms with Crippen molar-refractivity contribution in [3.05, 3.63) is 17.8 Å². The first-order valence-electron chi connectivity index (χ1n) is 13.7. The lowest BCUT2D eigenvalue weighted by Crippen LogP contribution is -2.47. The van der Waals surface area contributed by atoms with E-state index in [1.807, 2.05) is 13.1 Å². The highest BCUT2D eigenvalue weighted by atomic mass is 16.5. The van der Waals surface area contributed by atoms with Gasteiger partial charge in [-0.25, -0.2) is 9.78 Å². The van der Waals surface area contributed by atoms with E-state index in [9.17, 15) is 9.90 Å². The molecule has 0 unspecified atom stereocenters. The van der Waals surface area contributed by atoms with Crippen LogP contribution in [0.5, 0.6) is 5.75 Å². The third kappa shape index (κ3) is 7.71. The van der Waals surface area contributed by atoms with Gasteiger partial charge in [0.05, 0.1) is 12.2 Å². The van der Waals surface area contributed by atoms with Crippen LogP contribution in [0, 0.1) is 5.92 Å². The number of carboxylic acid groups (broad SMARTS) is 1. The molecule has 0 atom stereocenters. The summed E-state index contributed by atoms with van der Waals surface area (Å²) < 4.78 is 5.81. The van der Waals surface area contributed by atoms with Crippen molar-refractivity contribution in [1.82, 2.24) is 15.2 Å². The molecule has 196 valence electrons. The van der Waals surface area contributed by atoms with E-state index < -0.39 is 6.09 Å². The van der Waals surface area contributed by atoms with Crippen molar-refractivity contribution in [2.24, 2.45) is 5.92 Å². The highest BCUT2D eigenvalue weighted by Crippen LogP contribution is 2.34. The minimum Gasteiger partial charge on any atom is -0.489 e. The molecule has 35 heavy (non-hydrogen) atoms. The zero-order valence-corrected chi connectivity index (χ0v) is 21.4. The van der Waals surface area contributed by atoms with E-state index in [4.69, 9.17) is 9.84 Å². The number of piperazine rings is 1. The van der Waals surface area contributed by atoms with Crippen molar-refractivity contribution in [3.8, 4) is 5.75 Å². The molecule has 3 fully saturated rings. The van der Waals surface area contributed by atoms with Crippen molar-refractivity contribution in [3.63, 3.8) is 0 Å². The Morgan fingerprint density at radius 2 is 1.86 bits per heavy atom. The van der Waals surface area contributed by atoms with E-state index in [1.54, 1.807) is 0 Å². The van der Waals surface area contributed by atoms with Crippen LogP contribution in [0.15, 0.2) is 12.3 Å². The largest absolute Gasteiger partial charge is 0.489 e. The molecule has 0 radical (unpaired) electrons. The fourth-order valence-corrected chi connectivity index (χ4v) is 5.95. The summed E-state index contributed by atoms with van der Waals surface area (Å²) in [7, 11) is 0. The van der Waals surface area contributed by atoms with E-state index >= 15 is 0 Å². The first-order valence-corrected chi connectivity index (χ1v) is 13.7. The summed E-state index contributed by atoms with van der Waals surface area (Å²) in [4.78, 5) is 20.2. The molecule has 1 saturated heterocycles. The molecule has 2 aliphatic carbocycles. The summed E-state index contributed by atoms with van der Waals surface area (Å²) in [6.07, 6.45) is 13.2. The van der Waals surface area contributed by atoms with Gasteiger partial charge < -0.3 is 25.2 Å². The van der Waals surface area contributed by atoms with Gasteiger partial charge in [-0.3, -0.25) is 4.90 Å². The van der Waals surface area contributed by atoms with Gasteiger partial charge in [-0.2, -0.15) is 0 Å². The van der Waals surface area contributed by atoms with E-state index in [1.165, 1.54) is 31.2 Å². The Bertz CT molecular complexity index is 809. The summed E-state index contributed by atoms with van der Waals surface area (Å²) in [5.74, 6) is 2.76. The number of amides is 1. The lowest BCUT2D eigenvalue weighted by molar-refractivity contribution is 0.0225. The highest BCUT2D eigenvalue weighted by molar-refractivity contribution is 5.64. The Morgan fingerprint density at radius 3 is 2.49 bits per heavy atom. The van der Waals surface area contributed by atoms with Gasteiger partial charge in [-0.05, 0) is 70.4 Å². The van der Waals surface area contributed by atoms with Crippen molar-refractivity contribution < 1.29 is 19.7 Å². The van der Waals surface area contributed by atoms with Crippen LogP contribution < -0.4 is 15.0 Å². The highest BCUT2D eigenvalue weighted by Gasteiger charge is 2.26. The maximum atomic E-state index is 10.7. The number of nitrogens with one attached hydrogen (secondary N) is 1. The molecule has 8 heteroatoms. The van der Waals surface area contributed by atoms with Crippen LogP contribution in [-0.2, 0) is 6.42 Å². The van der Waals surface area contributed by atoms with Gasteiger partial charge in [0.15, 0.2) is 11.6 Å². The molecular formula is C27H44N4O4. The maximum Gasteiger partial charge on any atom is 0.404 e. The van der Waals surface area contributed by atoms with Gasteiger partial charge in [-0.15, -0.1) is 0 Å².